The molecule has 2 aromatic carbocycles. The Bertz CT molecular complexity index is 681. The Labute approximate surface area is 138 Å². The fraction of sp³-hybridized carbons (Fsp3) is 0.278. The number of hydrogen-bond acceptors (Lipinski definition) is 3. The molecule has 24 heavy (non-hydrogen) atoms. The molecule has 0 aliphatic rings. The molecule has 0 spiro atoms. The van der Waals surface area contributed by atoms with Crippen molar-refractivity contribution >= 4 is 11.7 Å². The van der Waals surface area contributed by atoms with Gasteiger partial charge in [0.05, 0.1) is 18.6 Å². The summed E-state index contributed by atoms with van der Waals surface area (Å²) in [7, 11) is 0. The molecule has 0 radical (unpaired) electrons. The van der Waals surface area contributed by atoms with Crippen LogP contribution in [0.5, 0.6) is 0 Å². The van der Waals surface area contributed by atoms with Gasteiger partial charge in [-0.1, -0.05) is 24.3 Å². The number of nitrogens with one attached hydrogen (secondary N) is 1. The lowest BCUT2D eigenvalue weighted by molar-refractivity contribution is -0.142. The van der Waals surface area contributed by atoms with Gasteiger partial charge >= 0.3 is 12.1 Å². The molecular formula is C18H18F3NO2. The van der Waals surface area contributed by atoms with Gasteiger partial charge < -0.3 is 10.1 Å². The smallest absolute Gasteiger partial charge is 0.416 e. The second kappa shape index (κ2) is 7.86. The number of ether oxygens (including phenoxy) is 1. The van der Waals surface area contributed by atoms with Crippen LogP contribution >= 0.6 is 0 Å². The second-order valence-corrected chi connectivity index (χ2v) is 5.23. The number of esters is 1. The van der Waals surface area contributed by atoms with Crippen molar-refractivity contribution in [1.82, 2.24) is 0 Å². The molecule has 2 rings (SSSR count). The number of carbonyl (C=O) groups excluding carboxylic acids is 1. The Morgan fingerprint density at radius 1 is 1.08 bits per heavy atom. The topological polar surface area (TPSA) is 38.3 Å². The van der Waals surface area contributed by atoms with Crippen LogP contribution in [0.2, 0.25) is 0 Å². The summed E-state index contributed by atoms with van der Waals surface area (Å²) in [6, 6.07) is 12.3. The molecule has 6 heteroatoms. The molecule has 0 atom stereocenters. The van der Waals surface area contributed by atoms with E-state index in [9.17, 15) is 18.0 Å². The minimum absolute atomic E-state index is 0.196. The number of hydrogen-bond donors (Lipinski definition) is 1. The van der Waals surface area contributed by atoms with Crippen molar-refractivity contribution in [3.05, 3.63) is 65.2 Å². The van der Waals surface area contributed by atoms with Gasteiger partial charge in [0, 0.05) is 12.2 Å². The normalized spacial score (nSPS) is 11.2. The fourth-order valence-corrected chi connectivity index (χ4v) is 2.18. The van der Waals surface area contributed by atoms with Gasteiger partial charge in [-0.2, -0.15) is 13.2 Å². The van der Waals surface area contributed by atoms with Crippen molar-refractivity contribution < 1.29 is 22.7 Å². The first-order valence-electron chi connectivity index (χ1n) is 7.53. The molecule has 3 nitrogen and oxygen atoms in total. The average molecular weight is 337 g/mol. The van der Waals surface area contributed by atoms with E-state index < -0.39 is 11.7 Å². The molecule has 0 aliphatic heterocycles. The van der Waals surface area contributed by atoms with E-state index in [2.05, 4.69) is 5.32 Å². The molecule has 1 N–H and O–H groups in total. The largest absolute Gasteiger partial charge is 0.466 e. The molecular weight excluding hydrogens is 319 g/mol. The highest BCUT2D eigenvalue weighted by atomic mass is 19.4. The number of benzene rings is 2. The van der Waals surface area contributed by atoms with Crippen molar-refractivity contribution in [3.8, 4) is 0 Å². The molecule has 0 bridgehead atoms. The zero-order valence-electron chi connectivity index (χ0n) is 13.2. The molecule has 0 unspecified atom stereocenters. The number of rotatable bonds is 6. The third-order valence-electron chi connectivity index (χ3n) is 3.36. The summed E-state index contributed by atoms with van der Waals surface area (Å²) < 4.78 is 42.9. The van der Waals surface area contributed by atoms with E-state index in [1.807, 2.05) is 0 Å². The van der Waals surface area contributed by atoms with Gasteiger partial charge in [-0.15, -0.1) is 0 Å². The van der Waals surface area contributed by atoms with Crippen LogP contribution in [0.1, 0.15) is 23.6 Å². The van der Waals surface area contributed by atoms with Gasteiger partial charge in [0.2, 0.25) is 0 Å². The molecule has 0 aromatic heterocycles. The lowest BCUT2D eigenvalue weighted by atomic mass is 10.1. The second-order valence-electron chi connectivity index (χ2n) is 5.23. The van der Waals surface area contributed by atoms with Crippen LogP contribution in [0.4, 0.5) is 18.9 Å². The Balaban J connectivity index is 1.94. The third-order valence-corrected chi connectivity index (χ3v) is 3.36. The van der Waals surface area contributed by atoms with E-state index in [1.54, 1.807) is 37.3 Å². The fourth-order valence-electron chi connectivity index (χ4n) is 2.18. The standard InChI is InChI=1S/C18H18F3NO2/c1-2-24-17(23)11-13-6-8-16(9-7-13)22-12-14-4-3-5-15(10-14)18(19,20)21/h3-10,22H,2,11-12H2,1H3. The van der Waals surface area contributed by atoms with Gasteiger partial charge in [-0.3, -0.25) is 4.79 Å². The predicted octanol–water partition coefficient (Wildman–Crippen LogP) is 4.42. The van der Waals surface area contributed by atoms with Crippen LogP contribution in [0, 0.1) is 0 Å². The van der Waals surface area contributed by atoms with Gasteiger partial charge in [0.25, 0.3) is 0 Å². The summed E-state index contributed by atoms with van der Waals surface area (Å²) in [5.41, 5.74) is 1.46. The summed E-state index contributed by atoms with van der Waals surface area (Å²) in [4.78, 5) is 11.4. The highest BCUT2D eigenvalue weighted by Gasteiger charge is 2.30. The van der Waals surface area contributed by atoms with Crippen LogP contribution in [0.15, 0.2) is 48.5 Å². The van der Waals surface area contributed by atoms with E-state index in [1.165, 1.54) is 6.07 Å². The Kier molecular flexibility index (Phi) is 5.84. The van der Waals surface area contributed by atoms with Gasteiger partial charge in [-0.25, -0.2) is 0 Å². The van der Waals surface area contributed by atoms with Crippen molar-refractivity contribution in [2.45, 2.75) is 26.1 Å². The Hall–Kier alpha value is -2.50. The van der Waals surface area contributed by atoms with E-state index in [0.717, 1.165) is 23.4 Å². The molecule has 0 saturated heterocycles. The maximum Gasteiger partial charge on any atom is 0.416 e. The summed E-state index contributed by atoms with van der Waals surface area (Å²) in [5.74, 6) is -0.290. The minimum atomic E-state index is -4.34. The van der Waals surface area contributed by atoms with Crippen LogP contribution in [0.25, 0.3) is 0 Å². The summed E-state index contributed by atoms with van der Waals surface area (Å²) in [5, 5.41) is 3.06. The monoisotopic (exact) mass is 337 g/mol. The molecule has 0 aliphatic carbocycles. The SMILES string of the molecule is CCOC(=O)Cc1ccc(NCc2cccc(C(F)(F)F)c2)cc1. The molecule has 0 saturated carbocycles. The lowest BCUT2D eigenvalue weighted by Crippen LogP contribution is -2.08. The maximum atomic E-state index is 12.7. The van der Waals surface area contributed by atoms with E-state index in [-0.39, 0.29) is 18.9 Å². The molecule has 0 fully saturated rings. The van der Waals surface area contributed by atoms with Crippen LogP contribution in [0.3, 0.4) is 0 Å². The van der Waals surface area contributed by atoms with E-state index in [0.29, 0.717) is 12.2 Å². The lowest BCUT2D eigenvalue weighted by Gasteiger charge is -2.10. The minimum Gasteiger partial charge on any atom is -0.466 e. The predicted molar refractivity (Wildman–Crippen MR) is 85.5 cm³/mol. The van der Waals surface area contributed by atoms with Crippen molar-refractivity contribution in [2.24, 2.45) is 0 Å². The third kappa shape index (κ3) is 5.30. The molecule has 2 aromatic rings. The highest BCUT2D eigenvalue weighted by molar-refractivity contribution is 5.72. The highest BCUT2D eigenvalue weighted by Crippen LogP contribution is 2.29. The maximum absolute atomic E-state index is 12.7. The summed E-state index contributed by atoms with van der Waals surface area (Å²) in [6.07, 6.45) is -4.15. The summed E-state index contributed by atoms with van der Waals surface area (Å²) in [6.45, 7) is 2.37. The van der Waals surface area contributed by atoms with Gasteiger partial charge in [0.15, 0.2) is 0 Å². The Morgan fingerprint density at radius 3 is 2.42 bits per heavy atom. The zero-order chi connectivity index (χ0) is 17.6. The number of alkyl halides is 3. The van der Waals surface area contributed by atoms with Crippen LogP contribution in [-0.4, -0.2) is 12.6 Å². The average Bonchev–Trinajstić information content (AvgIpc) is 2.54. The van der Waals surface area contributed by atoms with Gasteiger partial charge in [0.1, 0.15) is 0 Å². The quantitative estimate of drug-likeness (QED) is 0.793. The van der Waals surface area contributed by atoms with E-state index >= 15 is 0 Å². The van der Waals surface area contributed by atoms with Crippen LogP contribution in [-0.2, 0) is 28.7 Å². The van der Waals surface area contributed by atoms with Crippen molar-refractivity contribution in [3.63, 3.8) is 0 Å². The van der Waals surface area contributed by atoms with Crippen molar-refractivity contribution in [2.75, 3.05) is 11.9 Å². The number of halogens is 3. The summed E-state index contributed by atoms with van der Waals surface area (Å²) >= 11 is 0. The van der Waals surface area contributed by atoms with Crippen molar-refractivity contribution in [1.29, 1.82) is 0 Å². The van der Waals surface area contributed by atoms with E-state index in [4.69, 9.17) is 4.74 Å². The number of anilines is 1. The zero-order valence-corrected chi connectivity index (χ0v) is 13.2. The van der Waals surface area contributed by atoms with Crippen LogP contribution < -0.4 is 5.32 Å². The van der Waals surface area contributed by atoms with Gasteiger partial charge in [-0.05, 0) is 42.3 Å². The first-order valence-corrected chi connectivity index (χ1v) is 7.53. The molecule has 0 heterocycles. The first kappa shape index (κ1) is 17.8. The Morgan fingerprint density at radius 2 is 1.79 bits per heavy atom. The number of carbonyl (C=O) groups is 1. The molecule has 128 valence electrons. The first-order chi connectivity index (χ1) is 11.4. The molecule has 0 amide bonds.